The monoisotopic (exact) mass is 327 g/mol. The molecule has 0 aliphatic heterocycles. The Morgan fingerprint density at radius 3 is 2.33 bits per heavy atom. The molecule has 0 saturated heterocycles. The first kappa shape index (κ1) is 16.4. The molecule has 0 bridgehead atoms. The van der Waals surface area contributed by atoms with Gasteiger partial charge in [0.2, 0.25) is 11.7 Å². The lowest BCUT2D eigenvalue weighted by atomic mass is 9.80. The standard InChI is InChI=1S/C18H21N3O3/c1-12-6-8-14(9-7-12)15(22)16(23)20-18(10-4-3-5-11-18)17-19-13(2)24-21-17/h6-9H,3-5,10-11H2,1-2H3,(H,20,23). The highest BCUT2D eigenvalue weighted by molar-refractivity contribution is 6.42. The van der Waals surface area contributed by atoms with E-state index in [-0.39, 0.29) is 0 Å². The number of hydrogen-bond donors (Lipinski definition) is 1. The molecule has 1 aromatic carbocycles. The van der Waals surface area contributed by atoms with Gasteiger partial charge in [0.25, 0.3) is 5.91 Å². The van der Waals surface area contributed by atoms with E-state index in [0.717, 1.165) is 24.8 Å². The van der Waals surface area contributed by atoms with E-state index >= 15 is 0 Å². The fourth-order valence-corrected chi connectivity index (χ4v) is 3.16. The van der Waals surface area contributed by atoms with Crippen LogP contribution >= 0.6 is 0 Å². The number of benzene rings is 1. The maximum Gasteiger partial charge on any atom is 0.293 e. The first-order chi connectivity index (χ1) is 11.5. The third-order valence-electron chi connectivity index (χ3n) is 4.54. The van der Waals surface area contributed by atoms with Gasteiger partial charge in [0.15, 0.2) is 5.82 Å². The van der Waals surface area contributed by atoms with Crippen molar-refractivity contribution in [2.45, 2.75) is 51.5 Å². The molecule has 1 aliphatic carbocycles. The van der Waals surface area contributed by atoms with Gasteiger partial charge in [-0.3, -0.25) is 9.59 Å². The van der Waals surface area contributed by atoms with Crippen LogP contribution in [0, 0.1) is 13.8 Å². The molecule has 2 aromatic rings. The minimum absolute atomic E-state index is 0.383. The summed E-state index contributed by atoms with van der Waals surface area (Å²) in [4.78, 5) is 29.3. The lowest BCUT2D eigenvalue weighted by Gasteiger charge is -2.35. The third-order valence-corrected chi connectivity index (χ3v) is 4.54. The van der Waals surface area contributed by atoms with Crippen LogP contribution in [-0.2, 0) is 10.3 Å². The molecule has 0 radical (unpaired) electrons. The number of carbonyl (C=O) groups excluding carboxylic acids is 2. The Labute approximate surface area is 140 Å². The van der Waals surface area contributed by atoms with Crippen molar-refractivity contribution in [3.8, 4) is 0 Å². The fourth-order valence-electron chi connectivity index (χ4n) is 3.16. The summed E-state index contributed by atoms with van der Waals surface area (Å²) in [5.41, 5.74) is 0.708. The predicted octanol–water partition coefficient (Wildman–Crippen LogP) is 2.84. The van der Waals surface area contributed by atoms with Gasteiger partial charge in [0, 0.05) is 12.5 Å². The largest absolute Gasteiger partial charge is 0.340 e. The Bertz CT molecular complexity index is 743. The Kier molecular flexibility index (Phi) is 4.46. The van der Waals surface area contributed by atoms with Gasteiger partial charge in [-0.2, -0.15) is 4.98 Å². The van der Waals surface area contributed by atoms with Gasteiger partial charge in [-0.15, -0.1) is 0 Å². The summed E-state index contributed by atoms with van der Waals surface area (Å²) in [6.45, 7) is 3.65. The summed E-state index contributed by atoms with van der Waals surface area (Å²) < 4.78 is 5.09. The minimum Gasteiger partial charge on any atom is -0.340 e. The van der Waals surface area contributed by atoms with Crippen molar-refractivity contribution in [3.63, 3.8) is 0 Å². The quantitative estimate of drug-likeness (QED) is 0.689. The average molecular weight is 327 g/mol. The SMILES string of the molecule is Cc1ccc(C(=O)C(=O)NC2(c3noc(C)n3)CCCCC2)cc1. The molecule has 1 aliphatic rings. The average Bonchev–Trinajstić information content (AvgIpc) is 3.03. The third kappa shape index (κ3) is 3.22. The van der Waals surface area contributed by atoms with E-state index in [4.69, 9.17) is 4.52 Å². The van der Waals surface area contributed by atoms with Crippen LogP contribution in [0.1, 0.15) is 59.7 Å². The number of rotatable bonds is 4. The summed E-state index contributed by atoms with van der Waals surface area (Å²) in [6.07, 6.45) is 4.41. The Morgan fingerprint density at radius 2 is 1.75 bits per heavy atom. The maximum atomic E-state index is 12.5. The number of ketones is 1. The van der Waals surface area contributed by atoms with Crippen molar-refractivity contribution in [2.75, 3.05) is 0 Å². The molecule has 1 amide bonds. The second kappa shape index (κ2) is 6.55. The van der Waals surface area contributed by atoms with Crippen molar-refractivity contribution in [2.24, 2.45) is 0 Å². The summed E-state index contributed by atoms with van der Waals surface area (Å²) >= 11 is 0. The van der Waals surface area contributed by atoms with E-state index in [1.807, 2.05) is 19.1 Å². The van der Waals surface area contributed by atoms with Crippen molar-refractivity contribution in [1.29, 1.82) is 0 Å². The van der Waals surface area contributed by atoms with E-state index in [9.17, 15) is 9.59 Å². The molecule has 0 spiro atoms. The number of aryl methyl sites for hydroxylation is 2. The Hall–Kier alpha value is -2.50. The maximum absolute atomic E-state index is 12.5. The molecule has 1 heterocycles. The highest BCUT2D eigenvalue weighted by atomic mass is 16.5. The number of aromatic nitrogens is 2. The molecule has 1 aromatic heterocycles. The van der Waals surface area contributed by atoms with Crippen molar-refractivity contribution < 1.29 is 14.1 Å². The van der Waals surface area contributed by atoms with Crippen LogP contribution in [0.15, 0.2) is 28.8 Å². The predicted molar refractivity (Wildman–Crippen MR) is 87.5 cm³/mol. The fraction of sp³-hybridized carbons (Fsp3) is 0.444. The van der Waals surface area contributed by atoms with Crippen LogP contribution < -0.4 is 5.32 Å². The molecular weight excluding hydrogens is 306 g/mol. The molecular formula is C18H21N3O3. The molecule has 1 saturated carbocycles. The van der Waals surface area contributed by atoms with Crippen LogP contribution in [0.2, 0.25) is 0 Å². The lowest BCUT2D eigenvalue weighted by Crippen LogP contribution is -2.50. The zero-order chi connectivity index (χ0) is 17.2. The van der Waals surface area contributed by atoms with E-state index in [2.05, 4.69) is 15.5 Å². The number of hydrogen-bond acceptors (Lipinski definition) is 5. The van der Waals surface area contributed by atoms with E-state index in [1.165, 1.54) is 0 Å². The first-order valence-electron chi connectivity index (χ1n) is 8.24. The van der Waals surface area contributed by atoms with Crippen LogP contribution in [0.3, 0.4) is 0 Å². The zero-order valence-corrected chi connectivity index (χ0v) is 14.0. The summed E-state index contributed by atoms with van der Waals surface area (Å²) in [5.74, 6) is -0.248. The molecule has 6 heteroatoms. The number of nitrogens with one attached hydrogen (secondary N) is 1. The van der Waals surface area contributed by atoms with Gasteiger partial charge in [-0.25, -0.2) is 0 Å². The minimum atomic E-state index is -0.715. The molecule has 24 heavy (non-hydrogen) atoms. The second-order valence-electron chi connectivity index (χ2n) is 6.43. The highest BCUT2D eigenvalue weighted by Crippen LogP contribution is 2.35. The number of nitrogens with zero attached hydrogens (tertiary/aromatic N) is 2. The van der Waals surface area contributed by atoms with E-state index in [0.29, 0.717) is 30.1 Å². The zero-order valence-electron chi connectivity index (χ0n) is 14.0. The number of amides is 1. The first-order valence-corrected chi connectivity index (χ1v) is 8.24. The van der Waals surface area contributed by atoms with Gasteiger partial charge >= 0.3 is 0 Å². The Balaban J connectivity index is 1.83. The normalized spacial score (nSPS) is 16.6. The summed E-state index contributed by atoms with van der Waals surface area (Å²) in [7, 11) is 0. The Morgan fingerprint density at radius 1 is 1.08 bits per heavy atom. The van der Waals surface area contributed by atoms with Gasteiger partial charge in [-0.05, 0) is 19.8 Å². The van der Waals surface area contributed by atoms with Crippen molar-refractivity contribution in [1.82, 2.24) is 15.5 Å². The highest BCUT2D eigenvalue weighted by Gasteiger charge is 2.40. The molecule has 126 valence electrons. The summed E-state index contributed by atoms with van der Waals surface area (Å²) in [6, 6.07) is 6.98. The molecule has 3 rings (SSSR count). The second-order valence-corrected chi connectivity index (χ2v) is 6.43. The van der Waals surface area contributed by atoms with E-state index in [1.54, 1.807) is 19.1 Å². The van der Waals surface area contributed by atoms with Crippen LogP contribution in [0.5, 0.6) is 0 Å². The van der Waals surface area contributed by atoms with Gasteiger partial charge in [0.1, 0.15) is 5.54 Å². The van der Waals surface area contributed by atoms with Gasteiger partial charge in [0.05, 0.1) is 0 Å². The molecule has 0 unspecified atom stereocenters. The van der Waals surface area contributed by atoms with E-state index < -0.39 is 17.2 Å². The lowest BCUT2D eigenvalue weighted by molar-refractivity contribution is -0.119. The molecule has 1 N–H and O–H groups in total. The van der Waals surface area contributed by atoms with Gasteiger partial charge in [-0.1, -0.05) is 54.2 Å². The topological polar surface area (TPSA) is 85.1 Å². The van der Waals surface area contributed by atoms with Crippen LogP contribution in [0.25, 0.3) is 0 Å². The van der Waals surface area contributed by atoms with Crippen molar-refractivity contribution in [3.05, 3.63) is 47.1 Å². The molecule has 1 fully saturated rings. The molecule has 6 nitrogen and oxygen atoms in total. The van der Waals surface area contributed by atoms with Crippen LogP contribution in [0.4, 0.5) is 0 Å². The summed E-state index contributed by atoms with van der Waals surface area (Å²) in [5, 5.41) is 6.90. The smallest absolute Gasteiger partial charge is 0.293 e. The van der Waals surface area contributed by atoms with Crippen LogP contribution in [-0.4, -0.2) is 21.8 Å². The number of Topliss-reactive ketones (excluding diaryl/α,β-unsaturated/α-hetero) is 1. The van der Waals surface area contributed by atoms with Gasteiger partial charge < -0.3 is 9.84 Å². The number of carbonyl (C=O) groups is 2. The molecule has 0 atom stereocenters. The van der Waals surface area contributed by atoms with Crippen molar-refractivity contribution >= 4 is 11.7 Å².